The highest BCUT2D eigenvalue weighted by Crippen LogP contribution is 2.33. The second kappa shape index (κ2) is 5.47. The Hall–Kier alpha value is -0.770. The van der Waals surface area contributed by atoms with Crippen LogP contribution < -0.4 is 5.56 Å². The van der Waals surface area contributed by atoms with Gasteiger partial charge in [0.15, 0.2) is 0 Å². The van der Waals surface area contributed by atoms with Crippen LogP contribution in [-0.4, -0.2) is 14.7 Å². The number of hydrogen-bond acceptors (Lipinski definition) is 3. The lowest BCUT2D eigenvalue weighted by molar-refractivity contribution is 0.685. The quantitative estimate of drug-likeness (QED) is 0.911. The van der Waals surface area contributed by atoms with Crippen LogP contribution in [0.5, 0.6) is 0 Å². The van der Waals surface area contributed by atoms with Gasteiger partial charge in [-0.2, -0.15) is 0 Å². The van der Waals surface area contributed by atoms with Crippen molar-refractivity contribution in [3.8, 4) is 0 Å². The van der Waals surface area contributed by atoms with Crippen molar-refractivity contribution in [2.24, 2.45) is 0 Å². The summed E-state index contributed by atoms with van der Waals surface area (Å²) in [6.45, 7) is 6.53. The molecule has 1 aliphatic rings. The van der Waals surface area contributed by atoms with Crippen molar-refractivity contribution < 1.29 is 0 Å². The highest BCUT2D eigenvalue weighted by Gasteiger charge is 2.20. The third kappa shape index (κ3) is 3.87. The van der Waals surface area contributed by atoms with Crippen LogP contribution in [0, 0.1) is 0 Å². The van der Waals surface area contributed by atoms with Gasteiger partial charge in [0.25, 0.3) is 5.56 Å². The van der Waals surface area contributed by atoms with Crippen LogP contribution in [-0.2, 0) is 5.75 Å². The lowest BCUT2D eigenvalue weighted by Crippen LogP contribution is -2.15. The van der Waals surface area contributed by atoms with Crippen LogP contribution >= 0.6 is 11.8 Å². The van der Waals surface area contributed by atoms with Crippen LogP contribution in [0.2, 0.25) is 0 Å². The van der Waals surface area contributed by atoms with E-state index in [-0.39, 0.29) is 10.3 Å². The van der Waals surface area contributed by atoms with E-state index in [0.717, 1.165) is 17.3 Å². The maximum absolute atomic E-state index is 11.7. The van der Waals surface area contributed by atoms with Crippen molar-refractivity contribution in [3.05, 3.63) is 27.9 Å². The Balaban J connectivity index is 2.13. The summed E-state index contributed by atoms with van der Waals surface area (Å²) in [7, 11) is 0. The molecule has 1 aromatic heterocycles. The number of aromatic nitrogens is 2. The number of nitrogens with zero attached hydrogens (tertiary/aromatic N) is 1. The fourth-order valence-corrected chi connectivity index (χ4v) is 3.02. The first-order valence-corrected chi connectivity index (χ1v) is 7.67. The van der Waals surface area contributed by atoms with Crippen LogP contribution in [0.25, 0.3) is 0 Å². The molecule has 18 heavy (non-hydrogen) atoms. The Morgan fingerprint density at radius 1 is 1.39 bits per heavy atom. The highest BCUT2D eigenvalue weighted by molar-refractivity contribution is 7.99. The van der Waals surface area contributed by atoms with Gasteiger partial charge in [-0.15, -0.1) is 11.8 Å². The Morgan fingerprint density at radius 2 is 2.06 bits per heavy atom. The Bertz CT molecular complexity index is 456. The number of nitrogens with one attached hydrogen (secondary N) is 1. The Kier molecular flexibility index (Phi) is 4.15. The summed E-state index contributed by atoms with van der Waals surface area (Å²) in [5.41, 5.74) is 0.997. The molecule has 100 valence electrons. The third-order valence-corrected chi connectivity index (χ3v) is 4.51. The van der Waals surface area contributed by atoms with Crippen molar-refractivity contribution in [1.82, 2.24) is 9.97 Å². The molecule has 4 heteroatoms. The number of rotatable bonds is 3. The van der Waals surface area contributed by atoms with Gasteiger partial charge in [0.2, 0.25) is 0 Å². The molecule has 0 radical (unpaired) electrons. The van der Waals surface area contributed by atoms with E-state index < -0.39 is 0 Å². The molecule has 0 atom stereocenters. The van der Waals surface area contributed by atoms with Gasteiger partial charge in [0.05, 0.1) is 11.4 Å². The van der Waals surface area contributed by atoms with E-state index in [1.807, 2.05) is 11.8 Å². The van der Waals surface area contributed by atoms with Gasteiger partial charge < -0.3 is 4.98 Å². The topological polar surface area (TPSA) is 45.8 Å². The molecule has 1 saturated carbocycles. The molecule has 1 aromatic rings. The lowest BCUT2D eigenvalue weighted by Gasteiger charge is -2.17. The Morgan fingerprint density at radius 3 is 2.67 bits per heavy atom. The van der Waals surface area contributed by atoms with Gasteiger partial charge >= 0.3 is 0 Å². The van der Waals surface area contributed by atoms with Crippen LogP contribution in [0.1, 0.15) is 63.9 Å². The maximum atomic E-state index is 11.7. The second-order valence-corrected chi connectivity index (χ2v) is 7.80. The van der Waals surface area contributed by atoms with Crippen molar-refractivity contribution in [2.45, 2.75) is 62.9 Å². The monoisotopic (exact) mass is 266 g/mol. The second-order valence-electron chi connectivity index (χ2n) is 6.00. The zero-order valence-corrected chi connectivity index (χ0v) is 12.3. The van der Waals surface area contributed by atoms with Crippen molar-refractivity contribution >= 4 is 11.8 Å². The first-order valence-electron chi connectivity index (χ1n) is 6.68. The van der Waals surface area contributed by atoms with E-state index in [0.29, 0.717) is 5.92 Å². The van der Waals surface area contributed by atoms with Gasteiger partial charge in [-0.3, -0.25) is 4.79 Å². The van der Waals surface area contributed by atoms with Crippen molar-refractivity contribution in [1.29, 1.82) is 0 Å². The predicted molar refractivity (Wildman–Crippen MR) is 77.1 cm³/mol. The molecule has 1 aliphatic carbocycles. The number of aromatic amines is 1. The van der Waals surface area contributed by atoms with Gasteiger partial charge in [-0.1, -0.05) is 33.6 Å². The van der Waals surface area contributed by atoms with Gasteiger partial charge in [0.1, 0.15) is 5.82 Å². The first-order chi connectivity index (χ1) is 8.44. The van der Waals surface area contributed by atoms with E-state index in [1.165, 1.54) is 25.7 Å². The average Bonchev–Trinajstić information content (AvgIpc) is 2.78. The summed E-state index contributed by atoms with van der Waals surface area (Å²) in [6.07, 6.45) is 4.90. The molecule has 0 saturated heterocycles. The minimum absolute atomic E-state index is 0.00332. The molecule has 0 aliphatic heterocycles. The molecule has 1 N–H and O–H groups in total. The highest BCUT2D eigenvalue weighted by atomic mass is 32.2. The zero-order chi connectivity index (χ0) is 13.2. The molecule has 1 heterocycles. The zero-order valence-electron chi connectivity index (χ0n) is 11.5. The average molecular weight is 266 g/mol. The fourth-order valence-electron chi connectivity index (χ4n) is 2.31. The van der Waals surface area contributed by atoms with E-state index in [2.05, 4.69) is 30.7 Å². The lowest BCUT2D eigenvalue weighted by atomic mass is 10.0. The van der Waals surface area contributed by atoms with Crippen molar-refractivity contribution in [3.63, 3.8) is 0 Å². The smallest absolute Gasteiger partial charge is 0.251 e. The van der Waals surface area contributed by atoms with Crippen LogP contribution in [0.3, 0.4) is 0 Å². The number of H-pyrrole nitrogens is 1. The molecule has 2 rings (SSSR count). The molecular weight excluding hydrogens is 244 g/mol. The summed E-state index contributed by atoms with van der Waals surface area (Å²) in [5.74, 6) is 2.11. The number of hydrogen-bond donors (Lipinski definition) is 1. The predicted octanol–water partition coefficient (Wildman–Crippen LogP) is 3.46. The SMILES string of the molecule is CC(C)(C)SCc1nc(C2CCCC2)cc(=O)[nH]1. The fraction of sp³-hybridized carbons (Fsp3) is 0.714. The summed E-state index contributed by atoms with van der Waals surface area (Å²) >= 11 is 1.81. The molecule has 0 bridgehead atoms. The Labute approximate surface area is 113 Å². The van der Waals surface area contributed by atoms with Gasteiger partial charge in [-0.05, 0) is 12.8 Å². The summed E-state index contributed by atoms with van der Waals surface area (Å²) in [6, 6.07) is 1.68. The molecule has 0 unspecified atom stereocenters. The van der Waals surface area contributed by atoms with Gasteiger partial charge in [-0.25, -0.2) is 4.98 Å². The molecule has 3 nitrogen and oxygen atoms in total. The minimum atomic E-state index is -0.00332. The standard InChI is InChI=1S/C14H22N2OS/c1-14(2,3)18-9-12-15-11(8-13(17)16-12)10-6-4-5-7-10/h8,10H,4-7,9H2,1-3H3,(H,15,16,17). The summed E-state index contributed by atoms with van der Waals surface area (Å²) in [5, 5.41) is 0. The van der Waals surface area contributed by atoms with Crippen LogP contribution in [0.15, 0.2) is 10.9 Å². The molecule has 0 spiro atoms. The molecule has 1 fully saturated rings. The van der Waals surface area contributed by atoms with E-state index in [9.17, 15) is 4.79 Å². The summed E-state index contributed by atoms with van der Waals surface area (Å²) in [4.78, 5) is 19.2. The molecule has 0 amide bonds. The largest absolute Gasteiger partial charge is 0.310 e. The van der Waals surface area contributed by atoms with E-state index in [1.54, 1.807) is 6.07 Å². The number of thioether (sulfide) groups is 1. The van der Waals surface area contributed by atoms with Crippen LogP contribution in [0.4, 0.5) is 0 Å². The maximum Gasteiger partial charge on any atom is 0.251 e. The third-order valence-electron chi connectivity index (χ3n) is 3.23. The van der Waals surface area contributed by atoms with E-state index >= 15 is 0 Å². The summed E-state index contributed by atoms with van der Waals surface area (Å²) < 4.78 is 0.196. The van der Waals surface area contributed by atoms with Crippen molar-refractivity contribution in [2.75, 3.05) is 0 Å². The van der Waals surface area contributed by atoms with Gasteiger partial charge in [0, 0.05) is 16.7 Å². The normalized spacial score (nSPS) is 17.3. The minimum Gasteiger partial charge on any atom is -0.310 e. The molecular formula is C14H22N2OS. The molecule has 0 aromatic carbocycles. The first kappa shape index (κ1) is 13.7. The van der Waals surface area contributed by atoms with E-state index in [4.69, 9.17) is 0 Å².